The quantitative estimate of drug-likeness (QED) is 0.647. The topological polar surface area (TPSA) is 91.4 Å². The van der Waals surface area contributed by atoms with Gasteiger partial charge in [0.1, 0.15) is 17.2 Å². The standard InChI is InChI=1S/C21H28FNO7/c1-12(2)28-16-8-7-14(22)11-15(16)23-9-10-27-17(19(23)25)18(29-13(3)24)20(26)30-21(4,5)6/h7-8,11-12,17-18H,9-10H2,1-6H3. The third-order valence-electron chi connectivity index (χ3n) is 3.90. The van der Waals surface area contributed by atoms with Crippen molar-refractivity contribution in [3.8, 4) is 5.75 Å². The van der Waals surface area contributed by atoms with Gasteiger partial charge in [-0.3, -0.25) is 9.59 Å². The van der Waals surface area contributed by atoms with Gasteiger partial charge in [-0.1, -0.05) is 0 Å². The van der Waals surface area contributed by atoms with Crippen molar-refractivity contribution in [3.63, 3.8) is 0 Å². The molecule has 30 heavy (non-hydrogen) atoms. The molecule has 1 saturated heterocycles. The highest BCUT2D eigenvalue weighted by atomic mass is 19.1. The molecule has 1 fully saturated rings. The minimum absolute atomic E-state index is 0.0363. The van der Waals surface area contributed by atoms with Crippen molar-refractivity contribution in [2.24, 2.45) is 0 Å². The van der Waals surface area contributed by atoms with Crippen LogP contribution in [-0.2, 0) is 28.6 Å². The van der Waals surface area contributed by atoms with E-state index in [2.05, 4.69) is 0 Å². The molecule has 1 aliphatic heterocycles. The molecule has 1 aromatic carbocycles. The van der Waals surface area contributed by atoms with Crippen molar-refractivity contribution < 1.29 is 37.7 Å². The van der Waals surface area contributed by atoms with Crippen molar-refractivity contribution in [1.82, 2.24) is 0 Å². The summed E-state index contributed by atoms with van der Waals surface area (Å²) in [5.41, 5.74) is -0.666. The zero-order valence-electron chi connectivity index (χ0n) is 18.1. The lowest BCUT2D eigenvalue weighted by molar-refractivity contribution is -0.188. The highest BCUT2D eigenvalue weighted by Gasteiger charge is 2.45. The predicted octanol–water partition coefficient (Wildman–Crippen LogP) is 2.62. The number of rotatable bonds is 6. The Morgan fingerprint density at radius 1 is 1.27 bits per heavy atom. The largest absolute Gasteiger partial charge is 0.489 e. The number of hydrogen-bond acceptors (Lipinski definition) is 7. The lowest BCUT2D eigenvalue weighted by Gasteiger charge is -2.36. The Hall–Kier alpha value is -2.68. The van der Waals surface area contributed by atoms with Crippen molar-refractivity contribution in [2.45, 2.75) is 65.5 Å². The van der Waals surface area contributed by atoms with E-state index in [1.165, 1.54) is 23.1 Å². The Morgan fingerprint density at radius 3 is 2.50 bits per heavy atom. The molecular formula is C21H28FNO7. The van der Waals surface area contributed by atoms with E-state index in [9.17, 15) is 18.8 Å². The van der Waals surface area contributed by atoms with E-state index in [-0.39, 0.29) is 24.9 Å². The summed E-state index contributed by atoms with van der Waals surface area (Å²) in [7, 11) is 0. The molecular weight excluding hydrogens is 397 g/mol. The van der Waals surface area contributed by atoms with Crippen molar-refractivity contribution in [3.05, 3.63) is 24.0 Å². The average molecular weight is 425 g/mol. The molecule has 9 heteroatoms. The van der Waals surface area contributed by atoms with Crippen molar-refractivity contribution in [1.29, 1.82) is 0 Å². The fourth-order valence-corrected chi connectivity index (χ4v) is 2.89. The normalized spacial score (nSPS) is 18.2. The molecule has 2 unspecified atom stereocenters. The van der Waals surface area contributed by atoms with E-state index in [0.717, 1.165) is 6.92 Å². The number of amides is 1. The second-order valence-electron chi connectivity index (χ2n) is 8.12. The molecule has 0 N–H and O–H groups in total. The summed E-state index contributed by atoms with van der Waals surface area (Å²) in [6.07, 6.45) is -3.25. The van der Waals surface area contributed by atoms with Crippen LogP contribution in [0.15, 0.2) is 18.2 Å². The number of halogens is 1. The van der Waals surface area contributed by atoms with E-state index in [1.807, 2.05) is 0 Å². The number of nitrogens with zero attached hydrogens (tertiary/aromatic N) is 1. The molecule has 1 amide bonds. The molecule has 1 aliphatic rings. The van der Waals surface area contributed by atoms with Crippen LogP contribution in [0.2, 0.25) is 0 Å². The van der Waals surface area contributed by atoms with Gasteiger partial charge in [-0.2, -0.15) is 0 Å². The van der Waals surface area contributed by atoms with Crippen LogP contribution in [0.4, 0.5) is 10.1 Å². The molecule has 0 aliphatic carbocycles. The van der Waals surface area contributed by atoms with Gasteiger partial charge in [0, 0.05) is 19.5 Å². The lowest BCUT2D eigenvalue weighted by Crippen LogP contribution is -2.56. The highest BCUT2D eigenvalue weighted by molar-refractivity contribution is 6.01. The van der Waals surface area contributed by atoms with Crippen LogP contribution in [-0.4, -0.2) is 54.9 Å². The fourth-order valence-electron chi connectivity index (χ4n) is 2.89. The molecule has 2 rings (SSSR count). The summed E-state index contributed by atoms with van der Waals surface area (Å²) in [6, 6.07) is 3.83. The number of carbonyl (C=O) groups excluding carboxylic acids is 3. The Labute approximate surface area is 175 Å². The maximum Gasteiger partial charge on any atom is 0.351 e. The molecule has 1 heterocycles. The Bertz CT molecular complexity index is 803. The Kier molecular flexibility index (Phi) is 7.41. The smallest absolute Gasteiger partial charge is 0.351 e. The van der Waals surface area contributed by atoms with Gasteiger partial charge in [0.2, 0.25) is 6.10 Å². The van der Waals surface area contributed by atoms with Crippen LogP contribution < -0.4 is 9.64 Å². The predicted molar refractivity (Wildman–Crippen MR) is 106 cm³/mol. The van der Waals surface area contributed by atoms with Crippen LogP contribution in [0, 0.1) is 5.82 Å². The van der Waals surface area contributed by atoms with Gasteiger partial charge in [0.25, 0.3) is 5.91 Å². The van der Waals surface area contributed by atoms with Crippen LogP contribution >= 0.6 is 0 Å². The van der Waals surface area contributed by atoms with Gasteiger partial charge < -0.3 is 23.8 Å². The molecule has 0 radical (unpaired) electrons. The number of carbonyl (C=O) groups is 3. The van der Waals surface area contributed by atoms with Gasteiger partial charge in [-0.15, -0.1) is 0 Å². The summed E-state index contributed by atoms with van der Waals surface area (Å²) in [5.74, 6) is -2.59. The number of ether oxygens (including phenoxy) is 4. The molecule has 0 saturated carbocycles. The summed E-state index contributed by atoms with van der Waals surface area (Å²) in [4.78, 5) is 38.6. The third kappa shape index (κ3) is 6.16. The first-order chi connectivity index (χ1) is 13.9. The van der Waals surface area contributed by atoms with E-state index in [4.69, 9.17) is 18.9 Å². The van der Waals surface area contributed by atoms with E-state index < -0.39 is 41.5 Å². The molecule has 166 valence electrons. The average Bonchev–Trinajstić information content (AvgIpc) is 2.60. The van der Waals surface area contributed by atoms with Gasteiger partial charge in [-0.05, 0) is 46.8 Å². The molecule has 1 aromatic rings. The summed E-state index contributed by atoms with van der Waals surface area (Å²) in [6.45, 7) is 9.80. The summed E-state index contributed by atoms with van der Waals surface area (Å²) < 4.78 is 35.5. The first-order valence-electron chi connectivity index (χ1n) is 9.68. The number of morpholine rings is 1. The van der Waals surface area contributed by atoms with Crippen LogP contribution in [0.25, 0.3) is 0 Å². The SMILES string of the molecule is CC(=O)OC(C(=O)OC(C)(C)C)C1OCCN(c2cc(F)ccc2OC(C)C)C1=O. The maximum absolute atomic E-state index is 13.9. The van der Waals surface area contributed by atoms with Gasteiger partial charge in [0.15, 0.2) is 6.10 Å². The maximum atomic E-state index is 13.9. The Morgan fingerprint density at radius 2 is 1.93 bits per heavy atom. The lowest BCUT2D eigenvalue weighted by atomic mass is 10.1. The first kappa shape index (κ1) is 23.6. The third-order valence-corrected chi connectivity index (χ3v) is 3.90. The first-order valence-corrected chi connectivity index (χ1v) is 9.68. The zero-order valence-corrected chi connectivity index (χ0v) is 18.1. The highest BCUT2D eigenvalue weighted by Crippen LogP contribution is 2.32. The molecule has 2 atom stereocenters. The molecule has 0 spiro atoms. The summed E-state index contributed by atoms with van der Waals surface area (Å²) in [5, 5.41) is 0. The van der Waals surface area contributed by atoms with Gasteiger partial charge in [-0.25, -0.2) is 9.18 Å². The second kappa shape index (κ2) is 9.42. The summed E-state index contributed by atoms with van der Waals surface area (Å²) >= 11 is 0. The molecule has 8 nitrogen and oxygen atoms in total. The number of benzene rings is 1. The minimum atomic E-state index is -1.60. The minimum Gasteiger partial charge on any atom is -0.489 e. The van der Waals surface area contributed by atoms with Gasteiger partial charge in [0.05, 0.1) is 18.4 Å². The van der Waals surface area contributed by atoms with Crippen LogP contribution in [0.3, 0.4) is 0 Å². The number of hydrogen-bond donors (Lipinski definition) is 0. The fraction of sp³-hybridized carbons (Fsp3) is 0.571. The van der Waals surface area contributed by atoms with Crippen molar-refractivity contribution >= 4 is 23.5 Å². The van der Waals surface area contributed by atoms with E-state index >= 15 is 0 Å². The Balaban J connectivity index is 2.38. The molecule has 0 aromatic heterocycles. The van der Waals surface area contributed by atoms with E-state index in [1.54, 1.807) is 34.6 Å². The van der Waals surface area contributed by atoms with Crippen LogP contribution in [0.5, 0.6) is 5.75 Å². The molecule has 0 bridgehead atoms. The zero-order chi connectivity index (χ0) is 22.6. The monoisotopic (exact) mass is 425 g/mol. The number of esters is 2. The van der Waals surface area contributed by atoms with E-state index in [0.29, 0.717) is 5.75 Å². The van der Waals surface area contributed by atoms with Gasteiger partial charge >= 0.3 is 11.9 Å². The number of anilines is 1. The van der Waals surface area contributed by atoms with Crippen LogP contribution in [0.1, 0.15) is 41.5 Å². The second-order valence-corrected chi connectivity index (χ2v) is 8.12. The van der Waals surface area contributed by atoms with Crippen molar-refractivity contribution in [2.75, 3.05) is 18.1 Å².